The Balaban J connectivity index is 3.04. The third-order valence-corrected chi connectivity index (χ3v) is 2.76. The zero-order valence-electron chi connectivity index (χ0n) is 12.7. The molecular formula is C15H21NO6. The number of ether oxygens (including phenoxy) is 2. The number of rotatable bonds is 8. The highest BCUT2D eigenvalue weighted by Crippen LogP contribution is 2.20. The minimum absolute atomic E-state index is 0.0572. The molecule has 0 aliphatic carbocycles. The molecule has 0 bridgehead atoms. The number of benzene rings is 1. The van der Waals surface area contributed by atoms with E-state index in [9.17, 15) is 14.7 Å². The number of carbonyl (C=O) groups excluding carboxylic acids is 2. The van der Waals surface area contributed by atoms with Crippen molar-refractivity contribution in [3.8, 4) is 0 Å². The van der Waals surface area contributed by atoms with E-state index in [2.05, 4.69) is 5.32 Å². The van der Waals surface area contributed by atoms with Crippen molar-refractivity contribution in [3.05, 3.63) is 29.3 Å². The van der Waals surface area contributed by atoms with E-state index in [0.717, 1.165) is 0 Å². The van der Waals surface area contributed by atoms with Gasteiger partial charge in [0.25, 0.3) is 0 Å². The first-order valence-electron chi connectivity index (χ1n) is 7.04. The predicted octanol–water partition coefficient (Wildman–Crippen LogP) is 0.805. The molecule has 1 rings (SSSR count). The molecule has 1 atom stereocenters. The first-order chi connectivity index (χ1) is 10.5. The first kappa shape index (κ1) is 17.9. The minimum atomic E-state index is -0.959. The largest absolute Gasteiger partial charge is 0.462 e. The molecule has 1 aromatic rings. The first-order valence-corrected chi connectivity index (χ1v) is 7.04. The van der Waals surface area contributed by atoms with Gasteiger partial charge in [-0.1, -0.05) is 0 Å². The number of aliphatic hydroxyl groups is 2. The SMILES string of the molecule is CCOC(=O)c1ccc(NCC(O)CO)c(C(=O)OCC)c1. The van der Waals surface area contributed by atoms with Crippen LogP contribution < -0.4 is 5.32 Å². The van der Waals surface area contributed by atoms with Gasteiger partial charge < -0.3 is 25.0 Å². The van der Waals surface area contributed by atoms with Gasteiger partial charge in [0.05, 0.1) is 37.1 Å². The average molecular weight is 311 g/mol. The third kappa shape index (κ3) is 5.01. The van der Waals surface area contributed by atoms with Gasteiger partial charge in [0, 0.05) is 12.2 Å². The fourth-order valence-electron chi connectivity index (χ4n) is 1.71. The second-order valence-electron chi connectivity index (χ2n) is 4.42. The van der Waals surface area contributed by atoms with E-state index in [1.807, 2.05) is 0 Å². The van der Waals surface area contributed by atoms with Gasteiger partial charge in [-0.25, -0.2) is 9.59 Å². The van der Waals surface area contributed by atoms with Crippen molar-refractivity contribution in [2.75, 3.05) is 31.7 Å². The molecule has 0 aliphatic heterocycles. The van der Waals surface area contributed by atoms with E-state index in [0.29, 0.717) is 5.69 Å². The fraction of sp³-hybridized carbons (Fsp3) is 0.467. The van der Waals surface area contributed by atoms with Crippen LogP contribution in [0.5, 0.6) is 0 Å². The van der Waals surface area contributed by atoms with Crippen molar-refractivity contribution in [1.29, 1.82) is 0 Å². The zero-order valence-corrected chi connectivity index (χ0v) is 12.7. The number of hydrogen-bond donors (Lipinski definition) is 3. The van der Waals surface area contributed by atoms with Gasteiger partial charge >= 0.3 is 11.9 Å². The summed E-state index contributed by atoms with van der Waals surface area (Å²) in [5, 5.41) is 21.0. The molecule has 0 spiro atoms. The van der Waals surface area contributed by atoms with Crippen LogP contribution in [0.25, 0.3) is 0 Å². The van der Waals surface area contributed by atoms with Crippen molar-refractivity contribution in [1.82, 2.24) is 0 Å². The molecule has 0 fully saturated rings. The molecular weight excluding hydrogens is 290 g/mol. The van der Waals surface area contributed by atoms with E-state index in [1.54, 1.807) is 13.8 Å². The molecule has 1 unspecified atom stereocenters. The van der Waals surface area contributed by atoms with Crippen LogP contribution in [0, 0.1) is 0 Å². The van der Waals surface area contributed by atoms with E-state index in [-0.39, 0.29) is 30.9 Å². The van der Waals surface area contributed by atoms with Crippen molar-refractivity contribution < 1.29 is 29.3 Å². The number of carbonyl (C=O) groups is 2. The Morgan fingerprint density at radius 3 is 2.41 bits per heavy atom. The maximum atomic E-state index is 12.0. The molecule has 0 saturated heterocycles. The number of hydrogen-bond acceptors (Lipinski definition) is 7. The Morgan fingerprint density at radius 1 is 1.18 bits per heavy atom. The number of esters is 2. The van der Waals surface area contributed by atoms with E-state index in [4.69, 9.17) is 14.6 Å². The van der Waals surface area contributed by atoms with Gasteiger partial charge in [-0.05, 0) is 32.0 Å². The summed E-state index contributed by atoms with van der Waals surface area (Å²) in [5.41, 5.74) is 0.801. The Labute approximate surface area is 128 Å². The predicted molar refractivity (Wildman–Crippen MR) is 79.9 cm³/mol. The Kier molecular flexibility index (Phi) is 7.34. The molecule has 0 amide bonds. The molecule has 0 heterocycles. The molecule has 0 aromatic heterocycles. The Bertz CT molecular complexity index is 517. The van der Waals surface area contributed by atoms with Crippen molar-refractivity contribution >= 4 is 17.6 Å². The van der Waals surface area contributed by atoms with Gasteiger partial charge in [-0.3, -0.25) is 0 Å². The van der Waals surface area contributed by atoms with Crippen LogP contribution in [0.1, 0.15) is 34.6 Å². The van der Waals surface area contributed by atoms with Crippen LogP contribution in [0.3, 0.4) is 0 Å². The van der Waals surface area contributed by atoms with Gasteiger partial charge in [0.1, 0.15) is 0 Å². The van der Waals surface area contributed by atoms with Crippen LogP contribution in [0.15, 0.2) is 18.2 Å². The minimum Gasteiger partial charge on any atom is -0.462 e. The van der Waals surface area contributed by atoms with Crippen molar-refractivity contribution in [3.63, 3.8) is 0 Å². The summed E-state index contributed by atoms with van der Waals surface area (Å²) in [7, 11) is 0. The molecule has 0 saturated carbocycles. The summed E-state index contributed by atoms with van der Waals surface area (Å²) in [5.74, 6) is -1.12. The quantitative estimate of drug-likeness (QED) is 0.610. The maximum absolute atomic E-state index is 12.0. The summed E-state index contributed by atoms with van der Waals surface area (Å²) in [6, 6.07) is 4.42. The highest BCUT2D eigenvalue weighted by Gasteiger charge is 2.17. The van der Waals surface area contributed by atoms with Crippen LogP contribution in [-0.4, -0.2) is 54.6 Å². The second-order valence-corrected chi connectivity index (χ2v) is 4.42. The summed E-state index contributed by atoms with van der Waals surface area (Å²) in [4.78, 5) is 23.7. The average Bonchev–Trinajstić information content (AvgIpc) is 2.52. The molecule has 0 radical (unpaired) electrons. The number of aliphatic hydroxyl groups excluding tert-OH is 2. The molecule has 0 aliphatic rings. The van der Waals surface area contributed by atoms with Gasteiger partial charge in [-0.15, -0.1) is 0 Å². The monoisotopic (exact) mass is 311 g/mol. The number of nitrogens with one attached hydrogen (secondary N) is 1. The van der Waals surface area contributed by atoms with Gasteiger partial charge in [-0.2, -0.15) is 0 Å². The Morgan fingerprint density at radius 2 is 1.82 bits per heavy atom. The summed E-state index contributed by atoms with van der Waals surface area (Å²) in [6.07, 6.45) is -0.959. The van der Waals surface area contributed by atoms with E-state index >= 15 is 0 Å². The summed E-state index contributed by atoms with van der Waals surface area (Å²) in [6.45, 7) is 3.45. The smallest absolute Gasteiger partial charge is 0.340 e. The summed E-state index contributed by atoms with van der Waals surface area (Å²) >= 11 is 0. The normalized spacial score (nSPS) is 11.6. The molecule has 1 aromatic carbocycles. The van der Waals surface area contributed by atoms with E-state index in [1.165, 1.54) is 18.2 Å². The lowest BCUT2D eigenvalue weighted by Crippen LogP contribution is -2.24. The molecule has 3 N–H and O–H groups in total. The molecule has 7 heteroatoms. The van der Waals surface area contributed by atoms with Gasteiger partial charge in [0.15, 0.2) is 0 Å². The summed E-state index contributed by atoms with van der Waals surface area (Å²) < 4.78 is 9.85. The van der Waals surface area contributed by atoms with Crippen molar-refractivity contribution in [2.24, 2.45) is 0 Å². The lowest BCUT2D eigenvalue weighted by molar-refractivity contribution is 0.0525. The highest BCUT2D eigenvalue weighted by molar-refractivity contribution is 5.99. The standard InChI is InChI=1S/C15H21NO6/c1-3-21-14(19)10-5-6-13(16-8-11(18)9-17)12(7-10)15(20)22-4-2/h5-7,11,16-18H,3-4,8-9H2,1-2H3. The van der Waals surface area contributed by atoms with Crippen LogP contribution in [-0.2, 0) is 9.47 Å². The van der Waals surface area contributed by atoms with E-state index < -0.39 is 24.6 Å². The lowest BCUT2D eigenvalue weighted by Gasteiger charge is -2.14. The maximum Gasteiger partial charge on any atom is 0.340 e. The highest BCUT2D eigenvalue weighted by atomic mass is 16.5. The Hall–Kier alpha value is -2.12. The molecule has 22 heavy (non-hydrogen) atoms. The second kappa shape index (κ2) is 9.01. The molecule has 7 nitrogen and oxygen atoms in total. The van der Waals surface area contributed by atoms with Crippen LogP contribution in [0.2, 0.25) is 0 Å². The number of anilines is 1. The third-order valence-electron chi connectivity index (χ3n) is 2.76. The van der Waals surface area contributed by atoms with Gasteiger partial charge in [0.2, 0.25) is 0 Å². The van der Waals surface area contributed by atoms with Crippen LogP contribution >= 0.6 is 0 Å². The van der Waals surface area contributed by atoms with Crippen molar-refractivity contribution in [2.45, 2.75) is 20.0 Å². The topological polar surface area (TPSA) is 105 Å². The molecule has 122 valence electrons. The zero-order chi connectivity index (χ0) is 16.5. The van der Waals surface area contributed by atoms with Crippen LogP contribution in [0.4, 0.5) is 5.69 Å². The fourth-order valence-corrected chi connectivity index (χ4v) is 1.71. The lowest BCUT2D eigenvalue weighted by atomic mass is 10.1.